The fourth-order valence-corrected chi connectivity index (χ4v) is 2.48. The highest BCUT2D eigenvalue weighted by molar-refractivity contribution is 7.12. The van der Waals surface area contributed by atoms with Crippen molar-refractivity contribution in [3.8, 4) is 5.75 Å². The highest BCUT2D eigenvalue weighted by atomic mass is 32.1. The van der Waals surface area contributed by atoms with Gasteiger partial charge in [-0.1, -0.05) is 12.1 Å². The summed E-state index contributed by atoms with van der Waals surface area (Å²) in [7, 11) is 1.27. The van der Waals surface area contributed by atoms with E-state index in [-0.39, 0.29) is 18.4 Å². The highest BCUT2D eigenvalue weighted by Gasteiger charge is 2.17. The van der Waals surface area contributed by atoms with Crippen LogP contribution < -0.4 is 15.4 Å². The lowest BCUT2D eigenvalue weighted by molar-refractivity contribution is -0.142. The maximum atomic E-state index is 12.2. The van der Waals surface area contributed by atoms with Gasteiger partial charge in [0, 0.05) is 11.8 Å². The number of carbonyl (C=O) groups excluding carboxylic acids is 3. The molecule has 0 saturated carbocycles. The van der Waals surface area contributed by atoms with Gasteiger partial charge in [0.25, 0.3) is 5.91 Å². The van der Waals surface area contributed by atoms with Gasteiger partial charge < -0.3 is 20.1 Å². The number of anilines is 1. The van der Waals surface area contributed by atoms with Crippen LogP contribution >= 0.6 is 11.3 Å². The Labute approximate surface area is 148 Å². The van der Waals surface area contributed by atoms with E-state index >= 15 is 0 Å². The Balaban J connectivity index is 1.91. The second-order valence-corrected chi connectivity index (χ2v) is 6.00. The van der Waals surface area contributed by atoms with Crippen molar-refractivity contribution in [2.75, 3.05) is 19.0 Å². The lowest BCUT2D eigenvalue weighted by Crippen LogP contribution is -2.41. The van der Waals surface area contributed by atoms with Crippen LogP contribution in [0.1, 0.15) is 16.6 Å². The highest BCUT2D eigenvalue weighted by Crippen LogP contribution is 2.17. The number of benzene rings is 1. The van der Waals surface area contributed by atoms with E-state index in [4.69, 9.17) is 4.74 Å². The van der Waals surface area contributed by atoms with Crippen molar-refractivity contribution >= 4 is 34.8 Å². The van der Waals surface area contributed by atoms with Crippen molar-refractivity contribution in [2.45, 2.75) is 13.0 Å². The summed E-state index contributed by atoms with van der Waals surface area (Å²) in [5.74, 6) is -0.749. The minimum atomic E-state index is -0.714. The van der Waals surface area contributed by atoms with Crippen LogP contribution in [0.4, 0.5) is 5.69 Å². The van der Waals surface area contributed by atoms with E-state index in [1.54, 1.807) is 48.7 Å². The molecular weight excluding hydrogens is 344 g/mol. The van der Waals surface area contributed by atoms with E-state index in [0.717, 1.165) is 0 Å². The number of esters is 1. The van der Waals surface area contributed by atoms with Crippen LogP contribution in [0, 0.1) is 0 Å². The van der Waals surface area contributed by atoms with Crippen LogP contribution in [0.2, 0.25) is 0 Å². The van der Waals surface area contributed by atoms with Crippen molar-refractivity contribution in [3.05, 3.63) is 46.7 Å². The van der Waals surface area contributed by atoms with E-state index in [2.05, 4.69) is 15.4 Å². The number of rotatable bonds is 7. The molecule has 2 aromatic rings. The van der Waals surface area contributed by atoms with Gasteiger partial charge in [-0.05, 0) is 30.5 Å². The third-order valence-electron chi connectivity index (χ3n) is 3.17. The summed E-state index contributed by atoms with van der Waals surface area (Å²) in [6.07, 6.45) is 0. The van der Waals surface area contributed by atoms with Crippen molar-refractivity contribution in [1.29, 1.82) is 0 Å². The Bertz CT molecular complexity index is 745. The lowest BCUT2D eigenvalue weighted by Gasteiger charge is -2.14. The number of methoxy groups -OCH3 is 1. The molecule has 2 rings (SSSR count). The molecule has 0 saturated heterocycles. The lowest BCUT2D eigenvalue weighted by atomic mass is 10.2. The zero-order valence-electron chi connectivity index (χ0n) is 13.8. The molecule has 132 valence electrons. The van der Waals surface area contributed by atoms with Crippen LogP contribution in [0.5, 0.6) is 5.75 Å². The first kappa shape index (κ1) is 18.5. The standard InChI is InChI=1S/C17H18N2O5S/c1-11(18-17(22)14-7-4-8-25-14)16(21)19-12-5-3-6-13(9-12)24-10-15(20)23-2/h3-9,11H,10H2,1-2H3,(H,18,22)(H,19,21). The number of ether oxygens (including phenoxy) is 2. The van der Waals surface area contributed by atoms with Gasteiger partial charge in [0.1, 0.15) is 11.8 Å². The van der Waals surface area contributed by atoms with Gasteiger partial charge in [-0.2, -0.15) is 0 Å². The Kier molecular flexibility index (Phi) is 6.53. The van der Waals surface area contributed by atoms with Crippen molar-refractivity contribution in [1.82, 2.24) is 5.32 Å². The molecular formula is C17H18N2O5S. The Morgan fingerprint density at radius 2 is 2.00 bits per heavy atom. The summed E-state index contributed by atoms with van der Waals surface area (Å²) in [5.41, 5.74) is 0.490. The molecule has 8 heteroatoms. The van der Waals surface area contributed by atoms with Crippen molar-refractivity contribution < 1.29 is 23.9 Å². The van der Waals surface area contributed by atoms with Gasteiger partial charge in [-0.3, -0.25) is 9.59 Å². The summed E-state index contributed by atoms with van der Waals surface area (Å²) in [4.78, 5) is 35.8. The molecule has 0 fully saturated rings. The fraction of sp³-hybridized carbons (Fsp3) is 0.235. The molecule has 0 bridgehead atoms. The Morgan fingerprint density at radius 1 is 1.20 bits per heavy atom. The van der Waals surface area contributed by atoms with Gasteiger partial charge >= 0.3 is 5.97 Å². The zero-order valence-corrected chi connectivity index (χ0v) is 14.6. The number of nitrogens with one attached hydrogen (secondary N) is 2. The molecule has 1 aromatic carbocycles. The van der Waals surface area contributed by atoms with Gasteiger partial charge in [0.15, 0.2) is 6.61 Å². The largest absolute Gasteiger partial charge is 0.482 e. The average molecular weight is 362 g/mol. The first-order chi connectivity index (χ1) is 12.0. The Hall–Kier alpha value is -2.87. The van der Waals surface area contributed by atoms with Crippen LogP contribution in [-0.2, 0) is 14.3 Å². The third-order valence-corrected chi connectivity index (χ3v) is 4.04. The molecule has 0 aliphatic carbocycles. The molecule has 0 aliphatic heterocycles. The maximum absolute atomic E-state index is 12.2. The summed E-state index contributed by atoms with van der Waals surface area (Å²) in [6.45, 7) is 1.37. The SMILES string of the molecule is COC(=O)COc1cccc(NC(=O)C(C)NC(=O)c2cccs2)c1. The molecule has 0 spiro atoms. The van der Waals surface area contributed by atoms with E-state index in [0.29, 0.717) is 16.3 Å². The van der Waals surface area contributed by atoms with Gasteiger partial charge in [0.05, 0.1) is 12.0 Å². The minimum Gasteiger partial charge on any atom is -0.482 e. The monoisotopic (exact) mass is 362 g/mol. The van der Waals surface area contributed by atoms with Gasteiger partial charge in [0.2, 0.25) is 5.91 Å². The molecule has 7 nitrogen and oxygen atoms in total. The molecule has 2 N–H and O–H groups in total. The van der Waals surface area contributed by atoms with Crippen LogP contribution in [0.3, 0.4) is 0 Å². The second-order valence-electron chi connectivity index (χ2n) is 5.05. The minimum absolute atomic E-state index is 0.221. The number of hydrogen-bond donors (Lipinski definition) is 2. The van der Waals surface area contributed by atoms with E-state index in [1.807, 2.05) is 0 Å². The summed E-state index contributed by atoms with van der Waals surface area (Å²) in [6, 6.07) is 9.33. The van der Waals surface area contributed by atoms with Gasteiger partial charge in [-0.15, -0.1) is 11.3 Å². The predicted octanol–water partition coefficient (Wildman–Crippen LogP) is 2.06. The first-order valence-electron chi connectivity index (χ1n) is 7.44. The zero-order chi connectivity index (χ0) is 18.2. The smallest absolute Gasteiger partial charge is 0.343 e. The molecule has 1 heterocycles. The molecule has 0 aliphatic rings. The fourth-order valence-electron chi connectivity index (χ4n) is 1.86. The van der Waals surface area contributed by atoms with Crippen LogP contribution in [-0.4, -0.2) is 37.5 Å². The van der Waals surface area contributed by atoms with Crippen LogP contribution in [0.25, 0.3) is 0 Å². The summed E-state index contributed by atoms with van der Waals surface area (Å²) in [5, 5.41) is 7.11. The summed E-state index contributed by atoms with van der Waals surface area (Å²) >= 11 is 1.30. The topological polar surface area (TPSA) is 93.7 Å². The molecule has 2 amide bonds. The molecule has 1 atom stereocenters. The van der Waals surface area contributed by atoms with Gasteiger partial charge in [-0.25, -0.2) is 4.79 Å². The predicted molar refractivity (Wildman–Crippen MR) is 93.8 cm³/mol. The van der Waals surface area contributed by atoms with E-state index in [9.17, 15) is 14.4 Å². The quantitative estimate of drug-likeness (QED) is 0.736. The molecule has 0 radical (unpaired) electrons. The second kappa shape index (κ2) is 8.84. The molecule has 1 aromatic heterocycles. The molecule has 25 heavy (non-hydrogen) atoms. The first-order valence-corrected chi connectivity index (χ1v) is 8.32. The van der Waals surface area contributed by atoms with Crippen molar-refractivity contribution in [2.24, 2.45) is 0 Å². The number of hydrogen-bond acceptors (Lipinski definition) is 6. The third kappa shape index (κ3) is 5.61. The van der Waals surface area contributed by atoms with Crippen LogP contribution in [0.15, 0.2) is 41.8 Å². The van der Waals surface area contributed by atoms with E-state index < -0.39 is 12.0 Å². The molecule has 1 unspecified atom stereocenters. The number of thiophene rings is 1. The number of carbonyl (C=O) groups is 3. The average Bonchev–Trinajstić information content (AvgIpc) is 3.14. The normalized spacial score (nSPS) is 11.3. The van der Waals surface area contributed by atoms with E-state index in [1.165, 1.54) is 18.4 Å². The summed E-state index contributed by atoms with van der Waals surface area (Å²) < 4.78 is 9.75. The number of amides is 2. The van der Waals surface area contributed by atoms with Crippen molar-refractivity contribution in [3.63, 3.8) is 0 Å². The Morgan fingerprint density at radius 3 is 2.68 bits per heavy atom. The maximum Gasteiger partial charge on any atom is 0.343 e.